The molecule has 0 saturated heterocycles. The van der Waals surface area contributed by atoms with Crippen LogP contribution in [0.2, 0.25) is 15.1 Å². The Labute approximate surface area is 122 Å². The van der Waals surface area contributed by atoms with Crippen molar-refractivity contribution in [3.05, 3.63) is 56.8 Å². The summed E-state index contributed by atoms with van der Waals surface area (Å²) in [5.41, 5.74) is -0.753. The number of alkyl halides is 2. The van der Waals surface area contributed by atoms with Crippen LogP contribution in [-0.2, 0) is 0 Å². The molecule has 100 valence electrons. The molecule has 0 radical (unpaired) electrons. The Morgan fingerprint density at radius 1 is 0.895 bits per heavy atom. The molecule has 0 aliphatic rings. The van der Waals surface area contributed by atoms with Gasteiger partial charge >= 0.3 is 0 Å². The SMILES string of the molecule is Fc1cccc(C(F)F)c1-c1c(Cl)cc(Cl)cc1Cl. The Hall–Kier alpha value is -0.900. The van der Waals surface area contributed by atoms with Gasteiger partial charge in [-0.05, 0) is 18.2 Å². The zero-order valence-corrected chi connectivity index (χ0v) is 11.5. The van der Waals surface area contributed by atoms with E-state index in [1.54, 1.807) is 0 Å². The van der Waals surface area contributed by atoms with Gasteiger partial charge in [0.2, 0.25) is 0 Å². The van der Waals surface area contributed by atoms with Crippen LogP contribution in [0.1, 0.15) is 12.0 Å². The minimum Gasteiger partial charge on any atom is -0.206 e. The van der Waals surface area contributed by atoms with Crippen LogP contribution < -0.4 is 0 Å². The van der Waals surface area contributed by atoms with Crippen molar-refractivity contribution in [2.75, 3.05) is 0 Å². The summed E-state index contributed by atoms with van der Waals surface area (Å²) in [6.07, 6.45) is -2.84. The minimum atomic E-state index is -2.84. The van der Waals surface area contributed by atoms with Gasteiger partial charge in [-0.1, -0.05) is 46.9 Å². The van der Waals surface area contributed by atoms with Crippen LogP contribution in [0.4, 0.5) is 13.2 Å². The second-order valence-electron chi connectivity index (χ2n) is 3.75. The molecule has 0 unspecified atom stereocenters. The summed E-state index contributed by atoms with van der Waals surface area (Å²) in [6, 6.07) is 6.06. The molecule has 2 aromatic carbocycles. The highest BCUT2D eigenvalue weighted by Crippen LogP contribution is 2.42. The Morgan fingerprint density at radius 3 is 2.00 bits per heavy atom. The van der Waals surface area contributed by atoms with Crippen LogP contribution in [0, 0.1) is 5.82 Å². The summed E-state index contributed by atoms with van der Waals surface area (Å²) < 4.78 is 39.8. The molecule has 0 aliphatic heterocycles. The van der Waals surface area contributed by atoms with E-state index in [2.05, 4.69) is 0 Å². The van der Waals surface area contributed by atoms with Gasteiger partial charge in [-0.2, -0.15) is 0 Å². The van der Waals surface area contributed by atoms with Crippen molar-refractivity contribution in [3.8, 4) is 11.1 Å². The van der Waals surface area contributed by atoms with Gasteiger partial charge in [0.05, 0.1) is 10.0 Å². The standard InChI is InChI=1S/C13H6Cl3F3/c14-6-4-8(15)12(9(16)5-6)11-7(13(18)19)2-1-3-10(11)17/h1-5,13H. The first kappa shape index (κ1) is 14.5. The Balaban J connectivity index is 2.79. The molecule has 0 aliphatic carbocycles. The van der Waals surface area contributed by atoms with Gasteiger partial charge < -0.3 is 0 Å². The topological polar surface area (TPSA) is 0 Å². The summed E-state index contributed by atoms with van der Waals surface area (Å²) in [6.45, 7) is 0. The average molecular weight is 326 g/mol. The molecule has 0 N–H and O–H groups in total. The first-order valence-corrected chi connectivity index (χ1v) is 6.26. The van der Waals surface area contributed by atoms with E-state index >= 15 is 0 Å². The molecule has 0 aromatic heterocycles. The lowest BCUT2D eigenvalue weighted by Gasteiger charge is -2.13. The second kappa shape index (κ2) is 5.61. The third-order valence-corrected chi connectivity index (χ3v) is 3.35. The largest absolute Gasteiger partial charge is 0.264 e. The van der Waals surface area contributed by atoms with E-state index in [9.17, 15) is 13.2 Å². The van der Waals surface area contributed by atoms with Gasteiger partial charge in [0, 0.05) is 21.7 Å². The molecule has 2 aromatic rings. The Bertz CT molecular complexity index is 604. The normalized spacial score (nSPS) is 11.1. The van der Waals surface area contributed by atoms with Gasteiger partial charge in [-0.15, -0.1) is 0 Å². The first-order chi connectivity index (χ1) is 8.91. The van der Waals surface area contributed by atoms with Gasteiger partial charge in [0.1, 0.15) is 5.82 Å². The fourth-order valence-corrected chi connectivity index (χ4v) is 2.77. The molecule has 0 bridgehead atoms. The van der Waals surface area contributed by atoms with Crippen molar-refractivity contribution in [2.45, 2.75) is 6.43 Å². The van der Waals surface area contributed by atoms with Crippen molar-refractivity contribution >= 4 is 34.8 Å². The summed E-state index contributed by atoms with van der Waals surface area (Å²) in [5, 5.41) is 0.280. The molecule has 0 spiro atoms. The number of rotatable bonds is 2. The number of hydrogen-bond donors (Lipinski definition) is 0. The molecule has 19 heavy (non-hydrogen) atoms. The lowest BCUT2D eigenvalue weighted by atomic mass is 9.99. The van der Waals surface area contributed by atoms with Crippen molar-refractivity contribution in [3.63, 3.8) is 0 Å². The van der Waals surface area contributed by atoms with Crippen LogP contribution >= 0.6 is 34.8 Å². The number of benzene rings is 2. The molecule has 0 atom stereocenters. The summed E-state index contributed by atoms with van der Waals surface area (Å²) in [5.74, 6) is -0.816. The van der Waals surface area contributed by atoms with E-state index < -0.39 is 17.8 Å². The first-order valence-electron chi connectivity index (χ1n) is 5.13. The molecule has 6 heteroatoms. The van der Waals surface area contributed by atoms with Crippen molar-refractivity contribution in [2.24, 2.45) is 0 Å². The van der Waals surface area contributed by atoms with Gasteiger partial charge in [0.15, 0.2) is 0 Å². The maximum atomic E-state index is 13.9. The molecule has 0 fully saturated rings. The van der Waals surface area contributed by atoms with Crippen molar-refractivity contribution < 1.29 is 13.2 Å². The second-order valence-corrected chi connectivity index (χ2v) is 5.00. The summed E-state index contributed by atoms with van der Waals surface area (Å²) >= 11 is 17.6. The van der Waals surface area contributed by atoms with Gasteiger partial charge in [0.25, 0.3) is 6.43 Å². The van der Waals surface area contributed by atoms with Gasteiger partial charge in [-0.3, -0.25) is 0 Å². The monoisotopic (exact) mass is 324 g/mol. The molecule has 0 saturated carbocycles. The molecule has 0 amide bonds. The third-order valence-electron chi connectivity index (χ3n) is 2.54. The lowest BCUT2D eigenvalue weighted by Crippen LogP contribution is -1.95. The van der Waals surface area contributed by atoms with Crippen LogP contribution in [0.5, 0.6) is 0 Å². The highest BCUT2D eigenvalue weighted by atomic mass is 35.5. The van der Waals surface area contributed by atoms with E-state index in [1.807, 2.05) is 0 Å². The summed E-state index contributed by atoms with van der Waals surface area (Å²) in [7, 11) is 0. The molecular weight excluding hydrogens is 319 g/mol. The van der Waals surface area contributed by atoms with E-state index in [0.29, 0.717) is 0 Å². The van der Waals surface area contributed by atoms with E-state index in [4.69, 9.17) is 34.8 Å². The maximum Gasteiger partial charge on any atom is 0.264 e. The Morgan fingerprint density at radius 2 is 1.47 bits per heavy atom. The zero-order valence-electron chi connectivity index (χ0n) is 9.23. The van der Waals surface area contributed by atoms with Crippen LogP contribution in [-0.4, -0.2) is 0 Å². The molecule has 0 nitrogen and oxygen atoms in total. The Kier molecular flexibility index (Phi) is 4.29. The number of halogens is 6. The molecule has 0 heterocycles. The molecule has 2 rings (SSSR count). The highest BCUT2D eigenvalue weighted by Gasteiger charge is 2.22. The number of hydrogen-bond acceptors (Lipinski definition) is 0. The predicted molar refractivity (Wildman–Crippen MR) is 71.8 cm³/mol. The predicted octanol–water partition coefficient (Wildman–Crippen LogP) is 6.39. The highest BCUT2D eigenvalue weighted by molar-refractivity contribution is 6.41. The fourth-order valence-electron chi connectivity index (χ4n) is 1.77. The average Bonchev–Trinajstić information content (AvgIpc) is 2.29. The van der Waals surface area contributed by atoms with E-state index in [-0.39, 0.29) is 26.2 Å². The molecular formula is C13H6Cl3F3. The quantitative estimate of drug-likeness (QED) is 0.600. The third kappa shape index (κ3) is 2.83. The minimum absolute atomic E-state index is 0.0149. The smallest absolute Gasteiger partial charge is 0.206 e. The summed E-state index contributed by atoms with van der Waals surface area (Å²) in [4.78, 5) is 0. The van der Waals surface area contributed by atoms with E-state index in [0.717, 1.165) is 12.1 Å². The maximum absolute atomic E-state index is 13.9. The fraction of sp³-hybridized carbons (Fsp3) is 0.0769. The lowest BCUT2D eigenvalue weighted by molar-refractivity contribution is 0.151. The van der Waals surface area contributed by atoms with Crippen molar-refractivity contribution in [1.82, 2.24) is 0 Å². The van der Waals surface area contributed by atoms with E-state index in [1.165, 1.54) is 18.2 Å². The zero-order chi connectivity index (χ0) is 14.2. The van der Waals surface area contributed by atoms with Crippen LogP contribution in [0.3, 0.4) is 0 Å². The van der Waals surface area contributed by atoms with Crippen LogP contribution in [0.15, 0.2) is 30.3 Å². The van der Waals surface area contributed by atoms with Crippen molar-refractivity contribution in [1.29, 1.82) is 0 Å². The van der Waals surface area contributed by atoms with Crippen LogP contribution in [0.25, 0.3) is 11.1 Å². The van der Waals surface area contributed by atoms with Gasteiger partial charge in [-0.25, -0.2) is 13.2 Å².